The fraction of sp³-hybridized carbons (Fsp3) is 0.250. The molecule has 18 heavy (non-hydrogen) atoms. The van der Waals surface area contributed by atoms with Crippen molar-refractivity contribution < 1.29 is 0 Å². The molecule has 6 heteroatoms. The summed E-state index contributed by atoms with van der Waals surface area (Å²) in [6.07, 6.45) is 0. The van der Waals surface area contributed by atoms with Gasteiger partial charge in [0, 0.05) is 19.1 Å². The van der Waals surface area contributed by atoms with Crippen LogP contribution in [-0.2, 0) is 0 Å². The zero-order chi connectivity index (χ0) is 13.7. The molecule has 0 amide bonds. The minimum Gasteiger partial charge on any atom is -0.382 e. The molecule has 0 fully saturated rings. The third kappa shape index (κ3) is 3.30. The number of nitrogens with two attached hydrogens (primary N) is 2. The first-order chi connectivity index (χ1) is 8.49. The molecule has 0 spiro atoms. The van der Waals surface area contributed by atoms with Crippen LogP contribution in [0.4, 0.5) is 5.69 Å². The molecule has 4 N–H and O–H groups in total. The molecular weight excluding hydrogens is 250 g/mol. The molecule has 0 aromatic heterocycles. The maximum atomic E-state index is 5.94. The Bertz CT molecular complexity index is 531. The van der Waals surface area contributed by atoms with Gasteiger partial charge in [-0.05, 0) is 30.7 Å². The lowest BCUT2D eigenvalue weighted by Crippen LogP contribution is -2.35. The van der Waals surface area contributed by atoms with E-state index in [0.717, 1.165) is 5.56 Å². The minimum atomic E-state index is 0.224. The number of rotatable bonds is 3. The highest BCUT2D eigenvalue weighted by Crippen LogP contribution is 2.21. The van der Waals surface area contributed by atoms with Crippen molar-refractivity contribution >= 4 is 34.7 Å². The monoisotopic (exact) mass is 265 g/mol. The van der Waals surface area contributed by atoms with Gasteiger partial charge in [-0.1, -0.05) is 11.6 Å². The summed E-state index contributed by atoms with van der Waals surface area (Å²) in [5.41, 5.74) is 13.5. The minimum absolute atomic E-state index is 0.224. The Kier molecular flexibility index (Phi) is 4.85. The molecule has 0 saturated heterocycles. The SMILES string of the molecule is CN=C(N)C(=NC)C(N)=Nc1ccc(Cl)c(C)c1. The van der Waals surface area contributed by atoms with Crippen LogP contribution in [0.5, 0.6) is 0 Å². The van der Waals surface area contributed by atoms with Gasteiger partial charge in [0.15, 0.2) is 5.84 Å². The molecule has 1 rings (SSSR count). The molecule has 0 aliphatic heterocycles. The first-order valence-corrected chi connectivity index (χ1v) is 5.67. The van der Waals surface area contributed by atoms with E-state index in [9.17, 15) is 0 Å². The van der Waals surface area contributed by atoms with Crippen molar-refractivity contribution in [2.45, 2.75) is 6.92 Å². The van der Waals surface area contributed by atoms with Crippen LogP contribution in [0.3, 0.4) is 0 Å². The van der Waals surface area contributed by atoms with Gasteiger partial charge >= 0.3 is 0 Å². The quantitative estimate of drug-likeness (QED) is 0.643. The van der Waals surface area contributed by atoms with Gasteiger partial charge in [0.05, 0.1) is 5.69 Å². The van der Waals surface area contributed by atoms with Crippen molar-refractivity contribution in [3.8, 4) is 0 Å². The van der Waals surface area contributed by atoms with E-state index < -0.39 is 0 Å². The van der Waals surface area contributed by atoms with Crippen molar-refractivity contribution in [2.24, 2.45) is 26.4 Å². The molecule has 1 aromatic carbocycles. The maximum absolute atomic E-state index is 5.94. The number of amidine groups is 2. The van der Waals surface area contributed by atoms with Crippen LogP contribution in [0.15, 0.2) is 33.2 Å². The molecule has 1 aromatic rings. The van der Waals surface area contributed by atoms with Gasteiger partial charge in [0.25, 0.3) is 0 Å². The zero-order valence-corrected chi connectivity index (χ0v) is 11.4. The number of nitrogens with zero attached hydrogens (tertiary/aromatic N) is 3. The second-order valence-electron chi connectivity index (χ2n) is 3.61. The summed E-state index contributed by atoms with van der Waals surface area (Å²) in [4.78, 5) is 12.1. The molecule has 5 nitrogen and oxygen atoms in total. The number of hydrogen-bond acceptors (Lipinski definition) is 3. The van der Waals surface area contributed by atoms with Gasteiger partial charge in [-0.15, -0.1) is 0 Å². The molecule has 0 unspecified atom stereocenters. The van der Waals surface area contributed by atoms with Crippen molar-refractivity contribution in [2.75, 3.05) is 14.1 Å². The molecular formula is C12H16ClN5. The second kappa shape index (κ2) is 6.16. The summed E-state index contributed by atoms with van der Waals surface area (Å²) in [7, 11) is 3.16. The average molecular weight is 266 g/mol. The second-order valence-corrected chi connectivity index (χ2v) is 4.02. The van der Waals surface area contributed by atoms with Gasteiger partial charge in [-0.25, -0.2) is 4.99 Å². The first kappa shape index (κ1) is 14.2. The van der Waals surface area contributed by atoms with E-state index in [1.165, 1.54) is 0 Å². The Morgan fingerprint density at radius 3 is 2.28 bits per heavy atom. The van der Waals surface area contributed by atoms with Gasteiger partial charge in [0.1, 0.15) is 11.5 Å². The topological polar surface area (TPSA) is 89.1 Å². The van der Waals surface area contributed by atoms with E-state index >= 15 is 0 Å². The fourth-order valence-electron chi connectivity index (χ4n) is 1.36. The third-order valence-corrected chi connectivity index (χ3v) is 2.76. The van der Waals surface area contributed by atoms with Crippen LogP contribution >= 0.6 is 11.6 Å². The van der Waals surface area contributed by atoms with Crippen molar-refractivity contribution in [3.63, 3.8) is 0 Å². The van der Waals surface area contributed by atoms with Crippen molar-refractivity contribution in [1.82, 2.24) is 0 Å². The lowest BCUT2D eigenvalue weighted by atomic mass is 10.2. The number of halogens is 1. The molecule has 96 valence electrons. The van der Waals surface area contributed by atoms with Crippen LogP contribution in [0.1, 0.15) is 5.56 Å². The first-order valence-electron chi connectivity index (χ1n) is 5.29. The number of aliphatic imine (C=N–C) groups is 3. The zero-order valence-electron chi connectivity index (χ0n) is 10.6. The van der Waals surface area contributed by atoms with E-state index in [1.54, 1.807) is 26.2 Å². The molecule has 0 bridgehead atoms. The van der Waals surface area contributed by atoms with Crippen LogP contribution in [0.25, 0.3) is 0 Å². The highest BCUT2D eigenvalue weighted by atomic mass is 35.5. The van der Waals surface area contributed by atoms with Gasteiger partial charge in [-0.3, -0.25) is 9.98 Å². The summed E-state index contributed by atoms with van der Waals surface area (Å²) in [5.74, 6) is 0.478. The molecule has 0 aliphatic rings. The molecule has 0 heterocycles. The van der Waals surface area contributed by atoms with Gasteiger partial charge in [0.2, 0.25) is 0 Å². The summed E-state index contributed by atoms with van der Waals surface area (Å²) < 4.78 is 0. The van der Waals surface area contributed by atoms with Crippen LogP contribution < -0.4 is 11.5 Å². The Morgan fingerprint density at radius 1 is 1.11 bits per heavy atom. The highest BCUT2D eigenvalue weighted by Gasteiger charge is 2.08. The number of benzene rings is 1. The molecule has 0 saturated carbocycles. The van der Waals surface area contributed by atoms with E-state index in [0.29, 0.717) is 16.4 Å². The normalized spacial score (nSPS) is 13.9. The Hall–Kier alpha value is -1.88. The van der Waals surface area contributed by atoms with Gasteiger partial charge < -0.3 is 11.5 Å². The summed E-state index contributed by atoms with van der Waals surface area (Å²) in [5, 5.41) is 0.687. The molecule has 0 aliphatic carbocycles. The number of aryl methyl sites for hydroxylation is 1. The van der Waals surface area contributed by atoms with Crippen molar-refractivity contribution in [1.29, 1.82) is 0 Å². The Labute approximate surface area is 111 Å². The molecule has 0 radical (unpaired) electrons. The van der Waals surface area contributed by atoms with Crippen molar-refractivity contribution in [3.05, 3.63) is 28.8 Å². The summed E-state index contributed by atoms with van der Waals surface area (Å²) in [6.45, 7) is 1.90. The predicted molar refractivity (Wildman–Crippen MR) is 78.4 cm³/mol. The Balaban J connectivity index is 3.12. The average Bonchev–Trinajstić information content (AvgIpc) is 2.34. The standard InChI is InChI=1S/C12H16ClN5/c1-7-6-8(4-5-9(7)13)18-12(15)10(16-2)11(14)17-3/h4-6H,1-3H3,(H2,14,17)(H2,15,18). The summed E-state index contributed by atoms with van der Waals surface area (Å²) in [6, 6.07) is 5.37. The largest absolute Gasteiger partial charge is 0.382 e. The van der Waals surface area contributed by atoms with E-state index in [-0.39, 0.29) is 11.7 Å². The highest BCUT2D eigenvalue weighted by molar-refractivity contribution is 6.67. The smallest absolute Gasteiger partial charge is 0.153 e. The third-order valence-electron chi connectivity index (χ3n) is 2.34. The van der Waals surface area contributed by atoms with E-state index in [1.807, 2.05) is 13.0 Å². The summed E-state index contributed by atoms with van der Waals surface area (Å²) >= 11 is 5.94. The molecule has 0 atom stereocenters. The van der Waals surface area contributed by atoms with E-state index in [4.69, 9.17) is 23.1 Å². The van der Waals surface area contributed by atoms with Gasteiger partial charge in [-0.2, -0.15) is 0 Å². The predicted octanol–water partition coefficient (Wildman–Crippen LogP) is 1.69. The van der Waals surface area contributed by atoms with Crippen LogP contribution in [0.2, 0.25) is 5.02 Å². The van der Waals surface area contributed by atoms with E-state index in [2.05, 4.69) is 15.0 Å². The van der Waals surface area contributed by atoms with Crippen LogP contribution in [0, 0.1) is 6.92 Å². The lowest BCUT2D eigenvalue weighted by Gasteiger charge is -2.05. The maximum Gasteiger partial charge on any atom is 0.153 e. The van der Waals surface area contributed by atoms with Crippen LogP contribution in [-0.4, -0.2) is 31.5 Å². The Morgan fingerprint density at radius 2 is 1.78 bits per heavy atom. The number of hydrogen-bond donors (Lipinski definition) is 2. The lowest BCUT2D eigenvalue weighted by molar-refractivity contribution is 1.39. The fourth-order valence-corrected chi connectivity index (χ4v) is 1.47.